The van der Waals surface area contributed by atoms with E-state index < -0.39 is 5.92 Å². The van der Waals surface area contributed by atoms with Gasteiger partial charge in [0.2, 0.25) is 11.8 Å². The Kier molecular flexibility index (Phi) is 4.12. The predicted molar refractivity (Wildman–Crippen MR) is 79.3 cm³/mol. The molecule has 2 aliphatic rings. The third-order valence-corrected chi connectivity index (χ3v) is 4.22. The van der Waals surface area contributed by atoms with Crippen LogP contribution in [0, 0.1) is 5.92 Å². The van der Waals surface area contributed by atoms with Crippen LogP contribution in [0.5, 0.6) is 0 Å². The Bertz CT molecular complexity index is 540. The van der Waals surface area contributed by atoms with Gasteiger partial charge in [0.25, 0.3) is 0 Å². The Balaban J connectivity index is 1.71. The van der Waals surface area contributed by atoms with Gasteiger partial charge in [-0.2, -0.15) is 0 Å². The zero-order valence-electron chi connectivity index (χ0n) is 11.6. The monoisotopic (exact) mass is 308 g/mol. The number of benzene rings is 1. The van der Waals surface area contributed by atoms with Crippen LogP contribution < -0.4 is 4.90 Å². The van der Waals surface area contributed by atoms with Gasteiger partial charge in [-0.1, -0.05) is 11.6 Å². The number of halogens is 1. The van der Waals surface area contributed by atoms with Crippen LogP contribution >= 0.6 is 11.6 Å². The minimum absolute atomic E-state index is 0.0697. The second-order valence-electron chi connectivity index (χ2n) is 5.25. The Labute approximate surface area is 128 Å². The number of nitrogens with zero attached hydrogens (tertiary/aromatic N) is 2. The Hall–Kier alpha value is -1.59. The molecule has 2 amide bonds. The lowest BCUT2D eigenvalue weighted by molar-refractivity contribution is -0.143. The molecule has 0 N–H and O–H groups in total. The number of hydrogen-bond donors (Lipinski definition) is 0. The lowest BCUT2D eigenvalue weighted by Crippen LogP contribution is -2.45. The highest BCUT2D eigenvalue weighted by Gasteiger charge is 2.39. The molecule has 6 heteroatoms. The third kappa shape index (κ3) is 2.89. The Morgan fingerprint density at radius 2 is 1.81 bits per heavy atom. The van der Waals surface area contributed by atoms with Gasteiger partial charge in [0, 0.05) is 30.3 Å². The zero-order chi connectivity index (χ0) is 14.8. The van der Waals surface area contributed by atoms with Crippen LogP contribution in [0.3, 0.4) is 0 Å². The fourth-order valence-electron chi connectivity index (χ4n) is 2.79. The quantitative estimate of drug-likeness (QED) is 0.779. The van der Waals surface area contributed by atoms with Gasteiger partial charge >= 0.3 is 0 Å². The number of ether oxygens (including phenoxy) is 1. The van der Waals surface area contributed by atoms with Gasteiger partial charge in [-0.15, -0.1) is 0 Å². The molecular weight excluding hydrogens is 292 g/mol. The van der Waals surface area contributed by atoms with Crippen molar-refractivity contribution in [2.24, 2.45) is 5.92 Å². The molecule has 1 aromatic rings. The standard InChI is InChI=1S/C15H17ClN2O3/c16-11-1-3-12(4-2-11)18-6-5-13(15(18)20)14(19)17-7-9-21-10-8-17/h1-4,13H,5-10H2/t13-/m1/s1. The molecule has 0 saturated carbocycles. The molecule has 0 bridgehead atoms. The van der Waals surface area contributed by atoms with Crippen molar-refractivity contribution in [3.63, 3.8) is 0 Å². The molecule has 1 aromatic carbocycles. The van der Waals surface area contributed by atoms with Crippen molar-refractivity contribution in [3.05, 3.63) is 29.3 Å². The summed E-state index contributed by atoms with van der Waals surface area (Å²) in [6, 6.07) is 7.12. The van der Waals surface area contributed by atoms with E-state index in [0.717, 1.165) is 5.69 Å². The van der Waals surface area contributed by atoms with E-state index in [0.29, 0.717) is 44.3 Å². The summed E-state index contributed by atoms with van der Waals surface area (Å²) in [4.78, 5) is 28.3. The van der Waals surface area contributed by atoms with E-state index >= 15 is 0 Å². The van der Waals surface area contributed by atoms with Crippen LogP contribution in [-0.2, 0) is 14.3 Å². The highest BCUT2D eigenvalue weighted by molar-refractivity contribution is 6.30. The van der Waals surface area contributed by atoms with Crippen LogP contribution in [0.25, 0.3) is 0 Å². The van der Waals surface area contributed by atoms with E-state index in [1.54, 1.807) is 21.9 Å². The molecule has 21 heavy (non-hydrogen) atoms. The molecule has 1 atom stereocenters. The van der Waals surface area contributed by atoms with Gasteiger partial charge in [0.15, 0.2) is 0 Å². The minimum atomic E-state index is -0.557. The van der Waals surface area contributed by atoms with Gasteiger partial charge in [0.1, 0.15) is 5.92 Å². The molecule has 2 fully saturated rings. The lowest BCUT2D eigenvalue weighted by atomic mass is 10.1. The van der Waals surface area contributed by atoms with Crippen molar-refractivity contribution in [1.29, 1.82) is 0 Å². The average molecular weight is 309 g/mol. The summed E-state index contributed by atoms with van der Waals surface area (Å²) < 4.78 is 5.24. The maximum Gasteiger partial charge on any atom is 0.239 e. The summed E-state index contributed by atoms with van der Waals surface area (Å²) in [6.07, 6.45) is 0.567. The van der Waals surface area contributed by atoms with Crippen LogP contribution in [-0.4, -0.2) is 49.6 Å². The largest absolute Gasteiger partial charge is 0.378 e. The summed E-state index contributed by atoms with van der Waals surface area (Å²) in [5.74, 6) is -0.743. The smallest absolute Gasteiger partial charge is 0.239 e. The first kappa shape index (κ1) is 14.4. The summed E-state index contributed by atoms with van der Waals surface area (Å²) in [6.45, 7) is 2.81. The maximum atomic E-state index is 12.5. The van der Waals surface area contributed by atoms with Crippen molar-refractivity contribution >= 4 is 29.1 Å². The first-order chi connectivity index (χ1) is 10.2. The average Bonchev–Trinajstić information content (AvgIpc) is 2.90. The van der Waals surface area contributed by atoms with Crippen molar-refractivity contribution in [1.82, 2.24) is 4.90 Å². The number of carbonyl (C=O) groups is 2. The first-order valence-corrected chi connectivity index (χ1v) is 7.48. The number of morpholine rings is 1. The van der Waals surface area contributed by atoms with E-state index in [1.807, 2.05) is 12.1 Å². The molecule has 2 heterocycles. The molecule has 0 aromatic heterocycles. The number of rotatable bonds is 2. The fourth-order valence-corrected chi connectivity index (χ4v) is 2.92. The van der Waals surface area contributed by atoms with Crippen molar-refractivity contribution in [2.75, 3.05) is 37.7 Å². The summed E-state index contributed by atoms with van der Waals surface area (Å²) in [5, 5.41) is 0.631. The first-order valence-electron chi connectivity index (χ1n) is 7.10. The fraction of sp³-hybridized carbons (Fsp3) is 0.467. The lowest BCUT2D eigenvalue weighted by Gasteiger charge is -2.28. The zero-order valence-corrected chi connectivity index (χ0v) is 12.4. The van der Waals surface area contributed by atoms with Gasteiger partial charge in [0.05, 0.1) is 13.2 Å². The molecule has 112 valence electrons. The number of amides is 2. The van der Waals surface area contributed by atoms with Crippen LogP contribution in [0.1, 0.15) is 6.42 Å². The molecule has 0 radical (unpaired) electrons. The van der Waals surface area contributed by atoms with Crippen LogP contribution in [0.15, 0.2) is 24.3 Å². The Morgan fingerprint density at radius 1 is 1.14 bits per heavy atom. The van der Waals surface area contributed by atoms with Gasteiger partial charge in [-0.25, -0.2) is 0 Å². The number of anilines is 1. The van der Waals surface area contributed by atoms with E-state index in [4.69, 9.17) is 16.3 Å². The SMILES string of the molecule is O=C([C@H]1CCN(c2ccc(Cl)cc2)C1=O)N1CCOCC1. The van der Waals surface area contributed by atoms with E-state index in [1.165, 1.54) is 0 Å². The maximum absolute atomic E-state index is 12.5. The van der Waals surface area contributed by atoms with Crippen molar-refractivity contribution < 1.29 is 14.3 Å². The highest BCUT2D eigenvalue weighted by atomic mass is 35.5. The summed E-state index contributed by atoms with van der Waals surface area (Å²) >= 11 is 5.86. The summed E-state index contributed by atoms with van der Waals surface area (Å²) in [7, 11) is 0. The molecule has 0 spiro atoms. The molecule has 0 aliphatic carbocycles. The van der Waals surface area contributed by atoms with Crippen molar-refractivity contribution in [3.8, 4) is 0 Å². The summed E-state index contributed by atoms with van der Waals surface area (Å²) in [5.41, 5.74) is 0.793. The molecule has 3 rings (SSSR count). The van der Waals surface area contributed by atoms with Crippen LogP contribution in [0.2, 0.25) is 5.02 Å². The predicted octanol–water partition coefficient (Wildman–Crippen LogP) is 1.55. The molecule has 2 aliphatic heterocycles. The highest BCUT2D eigenvalue weighted by Crippen LogP contribution is 2.27. The Morgan fingerprint density at radius 3 is 2.48 bits per heavy atom. The normalized spacial score (nSPS) is 22.7. The second kappa shape index (κ2) is 6.03. The molecule has 5 nitrogen and oxygen atoms in total. The van der Waals surface area contributed by atoms with Gasteiger partial charge in [-0.3, -0.25) is 9.59 Å². The van der Waals surface area contributed by atoms with Gasteiger partial charge in [-0.05, 0) is 30.7 Å². The molecular formula is C15H17ClN2O3. The third-order valence-electron chi connectivity index (χ3n) is 3.96. The molecule has 0 unspecified atom stereocenters. The second-order valence-corrected chi connectivity index (χ2v) is 5.68. The van der Waals surface area contributed by atoms with E-state index in [-0.39, 0.29) is 11.8 Å². The molecule has 2 saturated heterocycles. The number of carbonyl (C=O) groups excluding carboxylic acids is 2. The number of hydrogen-bond acceptors (Lipinski definition) is 3. The topological polar surface area (TPSA) is 49.9 Å². The van der Waals surface area contributed by atoms with E-state index in [2.05, 4.69) is 0 Å². The van der Waals surface area contributed by atoms with Crippen molar-refractivity contribution in [2.45, 2.75) is 6.42 Å². The van der Waals surface area contributed by atoms with Gasteiger partial charge < -0.3 is 14.5 Å². The van der Waals surface area contributed by atoms with E-state index in [9.17, 15) is 9.59 Å². The minimum Gasteiger partial charge on any atom is -0.378 e. The van der Waals surface area contributed by atoms with Crippen LogP contribution in [0.4, 0.5) is 5.69 Å².